The number of rotatable bonds is 4. The zero-order valence-electron chi connectivity index (χ0n) is 12.4. The summed E-state index contributed by atoms with van der Waals surface area (Å²) in [6.07, 6.45) is 2.16. The molecule has 3 nitrogen and oxygen atoms in total. The molecule has 1 atom stereocenters. The molecular weight excluding hydrogens is 272 g/mol. The van der Waals surface area contributed by atoms with Gasteiger partial charge in [0.05, 0.1) is 6.04 Å². The SMILES string of the molecule is CC(C)(C)C(N)C(=O)N(Cc1ccc(Cl)cc1)C1CC1. The van der Waals surface area contributed by atoms with E-state index in [1.165, 1.54) is 0 Å². The highest BCUT2D eigenvalue weighted by Crippen LogP contribution is 2.31. The Hall–Kier alpha value is -1.06. The molecule has 20 heavy (non-hydrogen) atoms. The van der Waals surface area contributed by atoms with Crippen molar-refractivity contribution < 1.29 is 4.79 Å². The summed E-state index contributed by atoms with van der Waals surface area (Å²) in [7, 11) is 0. The van der Waals surface area contributed by atoms with Gasteiger partial charge in [-0.15, -0.1) is 0 Å². The van der Waals surface area contributed by atoms with Gasteiger partial charge in [0.1, 0.15) is 0 Å². The topological polar surface area (TPSA) is 46.3 Å². The Morgan fingerprint density at radius 1 is 1.35 bits per heavy atom. The van der Waals surface area contributed by atoms with Crippen LogP contribution in [0.15, 0.2) is 24.3 Å². The van der Waals surface area contributed by atoms with Crippen LogP contribution in [0.25, 0.3) is 0 Å². The molecule has 1 aromatic rings. The fourth-order valence-corrected chi connectivity index (χ4v) is 2.23. The first-order valence-electron chi connectivity index (χ1n) is 7.09. The van der Waals surface area contributed by atoms with Crippen LogP contribution < -0.4 is 5.73 Å². The van der Waals surface area contributed by atoms with Gasteiger partial charge in [-0.25, -0.2) is 0 Å². The molecule has 1 unspecified atom stereocenters. The van der Waals surface area contributed by atoms with Gasteiger partial charge in [-0.3, -0.25) is 4.79 Å². The average Bonchev–Trinajstić information content (AvgIpc) is 3.19. The lowest BCUT2D eigenvalue weighted by atomic mass is 9.86. The molecule has 2 rings (SSSR count). The number of halogens is 1. The minimum atomic E-state index is -0.463. The molecule has 1 aliphatic carbocycles. The molecule has 0 saturated heterocycles. The molecule has 0 heterocycles. The van der Waals surface area contributed by atoms with Crippen molar-refractivity contribution in [2.24, 2.45) is 11.1 Å². The van der Waals surface area contributed by atoms with Crippen LogP contribution in [-0.4, -0.2) is 22.9 Å². The lowest BCUT2D eigenvalue weighted by Gasteiger charge is -2.32. The van der Waals surface area contributed by atoms with Crippen molar-refractivity contribution >= 4 is 17.5 Å². The summed E-state index contributed by atoms with van der Waals surface area (Å²) in [6, 6.07) is 7.54. The van der Waals surface area contributed by atoms with E-state index in [1.54, 1.807) is 0 Å². The average molecular weight is 295 g/mol. The second-order valence-corrected chi connectivity index (χ2v) is 7.10. The van der Waals surface area contributed by atoms with Gasteiger partial charge in [-0.1, -0.05) is 44.5 Å². The fraction of sp³-hybridized carbons (Fsp3) is 0.562. The number of hydrogen-bond acceptors (Lipinski definition) is 2. The first kappa shape index (κ1) is 15.3. The summed E-state index contributed by atoms with van der Waals surface area (Å²) in [5.74, 6) is 0.0509. The Labute approximate surface area is 126 Å². The Balaban J connectivity index is 2.11. The molecule has 1 aromatic carbocycles. The van der Waals surface area contributed by atoms with Crippen LogP contribution in [-0.2, 0) is 11.3 Å². The minimum Gasteiger partial charge on any atom is -0.334 e. The number of amides is 1. The van der Waals surface area contributed by atoms with Crippen molar-refractivity contribution in [3.8, 4) is 0 Å². The predicted molar refractivity (Wildman–Crippen MR) is 82.5 cm³/mol. The molecule has 2 N–H and O–H groups in total. The van der Waals surface area contributed by atoms with E-state index in [-0.39, 0.29) is 11.3 Å². The number of hydrogen-bond donors (Lipinski definition) is 1. The monoisotopic (exact) mass is 294 g/mol. The van der Waals surface area contributed by atoms with Gasteiger partial charge < -0.3 is 10.6 Å². The molecule has 0 aromatic heterocycles. The van der Waals surface area contributed by atoms with Crippen molar-refractivity contribution in [2.45, 2.75) is 52.2 Å². The lowest BCUT2D eigenvalue weighted by Crippen LogP contribution is -2.50. The van der Waals surface area contributed by atoms with Crippen molar-refractivity contribution in [1.82, 2.24) is 4.90 Å². The zero-order chi connectivity index (χ0) is 14.9. The number of benzene rings is 1. The van der Waals surface area contributed by atoms with E-state index in [2.05, 4.69) is 0 Å². The van der Waals surface area contributed by atoms with Crippen LogP contribution in [0.5, 0.6) is 0 Å². The highest BCUT2D eigenvalue weighted by atomic mass is 35.5. The smallest absolute Gasteiger partial charge is 0.240 e. The summed E-state index contributed by atoms with van der Waals surface area (Å²) < 4.78 is 0. The van der Waals surface area contributed by atoms with Crippen LogP contribution in [0.3, 0.4) is 0 Å². The zero-order valence-corrected chi connectivity index (χ0v) is 13.2. The van der Waals surface area contributed by atoms with E-state index in [4.69, 9.17) is 17.3 Å². The van der Waals surface area contributed by atoms with E-state index < -0.39 is 6.04 Å². The Morgan fingerprint density at radius 3 is 2.35 bits per heavy atom. The van der Waals surface area contributed by atoms with Crippen LogP contribution in [0.4, 0.5) is 0 Å². The third-order valence-corrected chi connectivity index (χ3v) is 3.99. The third kappa shape index (κ3) is 3.74. The molecule has 1 saturated carbocycles. The van der Waals surface area contributed by atoms with Gasteiger partial charge in [0.25, 0.3) is 0 Å². The van der Waals surface area contributed by atoms with E-state index >= 15 is 0 Å². The van der Waals surface area contributed by atoms with E-state index in [9.17, 15) is 4.79 Å². The summed E-state index contributed by atoms with van der Waals surface area (Å²) in [5, 5.41) is 0.712. The minimum absolute atomic E-state index is 0.0509. The van der Waals surface area contributed by atoms with Gasteiger partial charge in [0.15, 0.2) is 0 Å². The molecule has 1 aliphatic rings. The number of carbonyl (C=O) groups excluding carboxylic acids is 1. The first-order valence-corrected chi connectivity index (χ1v) is 7.47. The van der Waals surface area contributed by atoms with Crippen molar-refractivity contribution in [3.05, 3.63) is 34.9 Å². The number of carbonyl (C=O) groups is 1. The Morgan fingerprint density at radius 2 is 1.90 bits per heavy atom. The maximum Gasteiger partial charge on any atom is 0.240 e. The summed E-state index contributed by atoms with van der Waals surface area (Å²) >= 11 is 5.90. The summed E-state index contributed by atoms with van der Waals surface area (Å²) in [5.41, 5.74) is 7.00. The molecule has 0 bridgehead atoms. The predicted octanol–water partition coefficient (Wildman–Crippen LogP) is 3.20. The molecule has 1 amide bonds. The van der Waals surface area contributed by atoms with E-state index in [1.807, 2.05) is 49.9 Å². The highest BCUT2D eigenvalue weighted by molar-refractivity contribution is 6.30. The molecule has 4 heteroatoms. The van der Waals surface area contributed by atoms with E-state index in [0.29, 0.717) is 17.6 Å². The summed E-state index contributed by atoms with van der Waals surface area (Å²) in [6.45, 7) is 6.62. The van der Waals surface area contributed by atoms with Crippen molar-refractivity contribution in [1.29, 1.82) is 0 Å². The Kier molecular flexibility index (Phi) is 4.40. The van der Waals surface area contributed by atoms with Crippen LogP contribution in [0, 0.1) is 5.41 Å². The summed E-state index contributed by atoms with van der Waals surface area (Å²) in [4.78, 5) is 14.5. The highest BCUT2D eigenvalue weighted by Gasteiger charge is 2.38. The maximum absolute atomic E-state index is 12.6. The number of nitrogens with two attached hydrogens (primary N) is 1. The third-order valence-electron chi connectivity index (χ3n) is 3.74. The van der Waals surface area contributed by atoms with Crippen LogP contribution in [0.1, 0.15) is 39.2 Å². The standard InChI is InChI=1S/C16H23ClN2O/c1-16(2,3)14(18)15(20)19(13-8-9-13)10-11-4-6-12(17)7-5-11/h4-7,13-14H,8-10,18H2,1-3H3. The van der Waals surface area contributed by atoms with Crippen LogP contribution >= 0.6 is 11.6 Å². The van der Waals surface area contributed by atoms with Gasteiger partial charge in [-0.2, -0.15) is 0 Å². The fourth-order valence-electron chi connectivity index (χ4n) is 2.11. The van der Waals surface area contributed by atoms with E-state index in [0.717, 1.165) is 18.4 Å². The molecule has 0 radical (unpaired) electrons. The quantitative estimate of drug-likeness (QED) is 0.927. The molecule has 0 aliphatic heterocycles. The van der Waals surface area contributed by atoms with Gasteiger partial charge in [-0.05, 0) is 36.0 Å². The van der Waals surface area contributed by atoms with Gasteiger partial charge in [0.2, 0.25) is 5.91 Å². The lowest BCUT2D eigenvalue weighted by molar-refractivity contribution is -0.136. The normalized spacial score (nSPS) is 16.9. The molecule has 0 spiro atoms. The second kappa shape index (κ2) is 5.74. The second-order valence-electron chi connectivity index (χ2n) is 6.67. The molecule has 1 fully saturated rings. The molecular formula is C16H23ClN2O. The van der Waals surface area contributed by atoms with Crippen molar-refractivity contribution in [3.63, 3.8) is 0 Å². The van der Waals surface area contributed by atoms with Crippen molar-refractivity contribution in [2.75, 3.05) is 0 Å². The Bertz CT molecular complexity index is 474. The molecule has 110 valence electrons. The van der Waals surface area contributed by atoms with Crippen LogP contribution in [0.2, 0.25) is 5.02 Å². The first-order chi connectivity index (χ1) is 9.29. The van der Waals surface area contributed by atoms with Gasteiger partial charge >= 0.3 is 0 Å². The number of nitrogens with zero attached hydrogens (tertiary/aromatic N) is 1. The maximum atomic E-state index is 12.6. The largest absolute Gasteiger partial charge is 0.334 e. The van der Waals surface area contributed by atoms with Gasteiger partial charge in [0, 0.05) is 17.6 Å².